The summed E-state index contributed by atoms with van der Waals surface area (Å²) in [6.07, 6.45) is 4.74. The predicted molar refractivity (Wildman–Crippen MR) is 64.8 cm³/mol. The fraction of sp³-hybridized carbons (Fsp3) is 1.00. The molecule has 0 aliphatic heterocycles. The van der Waals surface area contributed by atoms with E-state index in [1.165, 1.54) is 19.3 Å². The molecule has 1 aliphatic carbocycles. The van der Waals surface area contributed by atoms with Gasteiger partial charge in [-0.05, 0) is 43.4 Å². The summed E-state index contributed by atoms with van der Waals surface area (Å²) in [4.78, 5) is 0. The number of hydrogen-bond donors (Lipinski definition) is 1. The van der Waals surface area contributed by atoms with E-state index in [4.69, 9.17) is 10.5 Å². The molecule has 1 aliphatic rings. The molecule has 90 valence electrons. The van der Waals surface area contributed by atoms with Gasteiger partial charge in [-0.25, -0.2) is 0 Å². The number of rotatable bonds is 4. The van der Waals surface area contributed by atoms with Gasteiger partial charge in [0.15, 0.2) is 0 Å². The summed E-state index contributed by atoms with van der Waals surface area (Å²) in [6.45, 7) is 7.81. The first-order valence-corrected chi connectivity index (χ1v) is 6.27. The molecule has 15 heavy (non-hydrogen) atoms. The zero-order valence-electron chi connectivity index (χ0n) is 10.8. The van der Waals surface area contributed by atoms with Crippen molar-refractivity contribution < 1.29 is 4.74 Å². The minimum atomic E-state index is 0.0600. The standard InChI is InChI=1S/C13H27NO/c1-10-5-7-13(14,9-11(10)2)12(3)6-8-15-4/h10-12H,5-9,14H2,1-4H3. The molecule has 2 heteroatoms. The van der Waals surface area contributed by atoms with Crippen LogP contribution in [-0.2, 0) is 4.74 Å². The SMILES string of the molecule is COCCC(C)C1(N)CCC(C)C(C)C1. The van der Waals surface area contributed by atoms with Crippen LogP contribution in [0.3, 0.4) is 0 Å². The summed E-state index contributed by atoms with van der Waals surface area (Å²) in [5.74, 6) is 2.19. The van der Waals surface area contributed by atoms with E-state index in [9.17, 15) is 0 Å². The molecule has 2 N–H and O–H groups in total. The lowest BCUT2D eigenvalue weighted by molar-refractivity contribution is 0.0994. The second-order valence-electron chi connectivity index (χ2n) is 5.61. The maximum absolute atomic E-state index is 6.54. The van der Waals surface area contributed by atoms with Crippen LogP contribution in [0.15, 0.2) is 0 Å². The predicted octanol–water partition coefficient (Wildman–Crippen LogP) is 2.81. The molecular weight excluding hydrogens is 186 g/mol. The Bertz CT molecular complexity index is 195. The molecule has 4 atom stereocenters. The highest BCUT2D eigenvalue weighted by atomic mass is 16.5. The van der Waals surface area contributed by atoms with Crippen LogP contribution in [0.1, 0.15) is 46.5 Å². The third kappa shape index (κ3) is 3.18. The maximum atomic E-state index is 6.54. The first-order valence-electron chi connectivity index (χ1n) is 6.27. The molecular formula is C13H27NO. The van der Waals surface area contributed by atoms with Crippen molar-refractivity contribution in [2.75, 3.05) is 13.7 Å². The molecule has 0 aromatic carbocycles. The van der Waals surface area contributed by atoms with Crippen molar-refractivity contribution in [3.05, 3.63) is 0 Å². The summed E-state index contributed by atoms with van der Waals surface area (Å²) >= 11 is 0. The number of hydrogen-bond acceptors (Lipinski definition) is 2. The van der Waals surface area contributed by atoms with Crippen LogP contribution < -0.4 is 5.73 Å². The van der Waals surface area contributed by atoms with Crippen LogP contribution in [0.5, 0.6) is 0 Å². The zero-order valence-corrected chi connectivity index (χ0v) is 10.8. The number of nitrogens with two attached hydrogens (primary N) is 1. The highest BCUT2D eigenvalue weighted by Crippen LogP contribution is 2.39. The van der Waals surface area contributed by atoms with Crippen molar-refractivity contribution >= 4 is 0 Å². The first kappa shape index (κ1) is 13.0. The van der Waals surface area contributed by atoms with E-state index in [0.29, 0.717) is 5.92 Å². The molecule has 4 unspecified atom stereocenters. The van der Waals surface area contributed by atoms with Gasteiger partial charge in [0.25, 0.3) is 0 Å². The van der Waals surface area contributed by atoms with Crippen LogP contribution in [0, 0.1) is 17.8 Å². The Morgan fingerprint density at radius 1 is 1.40 bits per heavy atom. The topological polar surface area (TPSA) is 35.2 Å². The lowest BCUT2D eigenvalue weighted by atomic mass is 9.66. The average molecular weight is 213 g/mol. The molecule has 0 aromatic heterocycles. The van der Waals surface area contributed by atoms with Gasteiger partial charge < -0.3 is 10.5 Å². The molecule has 0 heterocycles. The highest BCUT2D eigenvalue weighted by molar-refractivity contribution is 4.95. The van der Waals surface area contributed by atoms with Crippen molar-refractivity contribution in [3.63, 3.8) is 0 Å². The van der Waals surface area contributed by atoms with Crippen molar-refractivity contribution in [1.29, 1.82) is 0 Å². The van der Waals surface area contributed by atoms with Gasteiger partial charge in [-0.3, -0.25) is 0 Å². The molecule has 0 radical (unpaired) electrons. The Morgan fingerprint density at radius 3 is 2.60 bits per heavy atom. The van der Waals surface area contributed by atoms with E-state index in [-0.39, 0.29) is 5.54 Å². The van der Waals surface area contributed by atoms with Gasteiger partial charge in [-0.1, -0.05) is 20.8 Å². The largest absolute Gasteiger partial charge is 0.385 e. The van der Waals surface area contributed by atoms with E-state index in [0.717, 1.165) is 24.9 Å². The van der Waals surface area contributed by atoms with Crippen LogP contribution in [0.25, 0.3) is 0 Å². The Labute approximate surface area is 94.6 Å². The maximum Gasteiger partial charge on any atom is 0.0465 e. The van der Waals surface area contributed by atoms with Gasteiger partial charge in [0.2, 0.25) is 0 Å². The molecule has 1 rings (SSSR count). The molecule has 0 bridgehead atoms. The van der Waals surface area contributed by atoms with Crippen LogP contribution in [0.2, 0.25) is 0 Å². The smallest absolute Gasteiger partial charge is 0.0465 e. The van der Waals surface area contributed by atoms with E-state index in [1.54, 1.807) is 7.11 Å². The van der Waals surface area contributed by atoms with Gasteiger partial charge in [-0.2, -0.15) is 0 Å². The van der Waals surface area contributed by atoms with Gasteiger partial charge in [0.1, 0.15) is 0 Å². The minimum Gasteiger partial charge on any atom is -0.385 e. The zero-order chi connectivity index (χ0) is 11.5. The number of ether oxygens (including phenoxy) is 1. The van der Waals surface area contributed by atoms with Gasteiger partial charge in [0, 0.05) is 19.3 Å². The summed E-state index contributed by atoms with van der Waals surface area (Å²) in [6, 6.07) is 0. The Hall–Kier alpha value is -0.0800. The summed E-state index contributed by atoms with van der Waals surface area (Å²) in [5.41, 5.74) is 6.60. The third-order valence-electron chi connectivity index (χ3n) is 4.47. The quantitative estimate of drug-likeness (QED) is 0.779. The molecule has 0 aromatic rings. The Kier molecular flexibility index (Phi) is 4.60. The second-order valence-corrected chi connectivity index (χ2v) is 5.61. The normalized spacial score (nSPS) is 39.0. The third-order valence-corrected chi connectivity index (χ3v) is 4.47. The lowest BCUT2D eigenvalue weighted by Crippen LogP contribution is -2.51. The second kappa shape index (κ2) is 5.31. The average Bonchev–Trinajstić information content (AvgIpc) is 2.20. The Balaban J connectivity index is 2.51. The fourth-order valence-electron chi connectivity index (χ4n) is 2.71. The molecule has 1 saturated carbocycles. The van der Waals surface area contributed by atoms with E-state index in [1.807, 2.05) is 0 Å². The van der Waals surface area contributed by atoms with Gasteiger partial charge in [0.05, 0.1) is 0 Å². The summed E-state index contributed by atoms with van der Waals surface area (Å²) in [7, 11) is 1.77. The minimum absolute atomic E-state index is 0.0600. The summed E-state index contributed by atoms with van der Waals surface area (Å²) < 4.78 is 5.14. The van der Waals surface area contributed by atoms with E-state index in [2.05, 4.69) is 20.8 Å². The molecule has 0 amide bonds. The van der Waals surface area contributed by atoms with Gasteiger partial charge in [-0.15, -0.1) is 0 Å². The Morgan fingerprint density at radius 2 is 2.07 bits per heavy atom. The molecule has 1 fully saturated rings. The van der Waals surface area contributed by atoms with Crippen molar-refractivity contribution in [3.8, 4) is 0 Å². The highest BCUT2D eigenvalue weighted by Gasteiger charge is 2.38. The first-order chi connectivity index (χ1) is 6.99. The van der Waals surface area contributed by atoms with Crippen molar-refractivity contribution in [1.82, 2.24) is 0 Å². The van der Waals surface area contributed by atoms with Crippen molar-refractivity contribution in [2.45, 2.75) is 52.0 Å². The molecule has 0 spiro atoms. The van der Waals surface area contributed by atoms with Crippen molar-refractivity contribution in [2.24, 2.45) is 23.5 Å². The van der Waals surface area contributed by atoms with Crippen LogP contribution in [0.4, 0.5) is 0 Å². The van der Waals surface area contributed by atoms with Crippen LogP contribution >= 0.6 is 0 Å². The van der Waals surface area contributed by atoms with Crippen LogP contribution in [-0.4, -0.2) is 19.3 Å². The van der Waals surface area contributed by atoms with E-state index < -0.39 is 0 Å². The van der Waals surface area contributed by atoms with E-state index >= 15 is 0 Å². The fourth-order valence-corrected chi connectivity index (χ4v) is 2.71. The monoisotopic (exact) mass is 213 g/mol. The molecule has 2 nitrogen and oxygen atoms in total. The molecule has 0 saturated heterocycles. The number of methoxy groups -OCH3 is 1. The van der Waals surface area contributed by atoms with Gasteiger partial charge >= 0.3 is 0 Å². The lowest BCUT2D eigenvalue weighted by Gasteiger charge is -2.44. The summed E-state index contributed by atoms with van der Waals surface area (Å²) in [5, 5.41) is 0.